The lowest BCUT2D eigenvalue weighted by molar-refractivity contribution is -0.121. The van der Waals surface area contributed by atoms with Crippen LogP contribution in [0.25, 0.3) is 0 Å². The molecule has 1 aromatic heterocycles. The summed E-state index contributed by atoms with van der Waals surface area (Å²) in [7, 11) is 1.67. The van der Waals surface area contributed by atoms with E-state index in [1.807, 2.05) is 0 Å². The zero-order valence-electron chi connectivity index (χ0n) is 11.8. The van der Waals surface area contributed by atoms with Crippen molar-refractivity contribution in [1.29, 1.82) is 0 Å². The van der Waals surface area contributed by atoms with Crippen LogP contribution in [0.5, 0.6) is 0 Å². The lowest BCUT2D eigenvalue weighted by Gasteiger charge is -2.07. The van der Waals surface area contributed by atoms with Gasteiger partial charge in [0.1, 0.15) is 5.82 Å². The second kappa shape index (κ2) is 6.83. The predicted molar refractivity (Wildman–Crippen MR) is 78.3 cm³/mol. The first-order valence-corrected chi connectivity index (χ1v) is 6.71. The molecular formula is C16H17FN2O2. The molecule has 4 nitrogen and oxygen atoms in total. The molecule has 2 rings (SSSR count). The van der Waals surface area contributed by atoms with Gasteiger partial charge >= 0.3 is 0 Å². The van der Waals surface area contributed by atoms with Crippen molar-refractivity contribution in [1.82, 2.24) is 9.88 Å². The number of rotatable bonds is 5. The van der Waals surface area contributed by atoms with Crippen molar-refractivity contribution in [3.05, 3.63) is 69.9 Å². The van der Waals surface area contributed by atoms with Crippen LogP contribution in [-0.2, 0) is 24.8 Å². The van der Waals surface area contributed by atoms with E-state index in [1.165, 1.54) is 22.8 Å². The first kappa shape index (κ1) is 15.0. The zero-order valence-corrected chi connectivity index (χ0v) is 11.8. The lowest BCUT2D eigenvalue weighted by atomic mass is 10.1. The number of benzene rings is 1. The molecule has 0 aliphatic carbocycles. The van der Waals surface area contributed by atoms with Gasteiger partial charge in [-0.15, -0.1) is 0 Å². The van der Waals surface area contributed by atoms with Gasteiger partial charge in [-0.3, -0.25) is 9.59 Å². The third-order valence-corrected chi connectivity index (χ3v) is 3.19. The highest BCUT2D eigenvalue weighted by Gasteiger charge is 2.03. The summed E-state index contributed by atoms with van der Waals surface area (Å²) in [5, 5.41) is 2.80. The molecule has 0 spiro atoms. The van der Waals surface area contributed by atoms with E-state index in [2.05, 4.69) is 5.32 Å². The van der Waals surface area contributed by atoms with Gasteiger partial charge in [0.15, 0.2) is 0 Å². The molecule has 0 unspecified atom stereocenters. The number of hydrogen-bond donors (Lipinski definition) is 1. The molecule has 1 amide bonds. The normalized spacial score (nSPS) is 10.4. The Balaban J connectivity index is 1.80. The molecule has 110 valence electrons. The van der Waals surface area contributed by atoms with Crippen molar-refractivity contribution in [2.75, 3.05) is 0 Å². The molecule has 1 aromatic carbocycles. The van der Waals surface area contributed by atoms with E-state index in [4.69, 9.17) is 0 Å². The third-order valence-electron chi connectivity index (χ3n) is 3.19. The third kappa shape index (κ3) is 4.56. The van der Waals surface area contributed by atoms with Crippen molar-refractivity contribution >= 4 is 5.91 Å². The van der Waals surface area contributed by atoms with E-state index in [9.17, 15) is 14.0 Å². The largest absolute Gasteiger partial charge is 0.352 e. The zero-order chi connectivity index (χ0) is 15.2. The quantitative estimate of drug-likeness (QED) is 0.911. The number of aryl methyl sites for hydroxylation is 2. The topological polar surface area (TPSA) is 51.1 Å². The minimum atomic E-state index is -0.280. The predicted octanol–water partition coefficient (Wildman–Crippen LogP) is 1.77. The Morgan fingerprint density at radius 3 is 2.48 bits per heavy atom. The first-order valence-electron chi connectivity index (χ1n) is 6.71. The van der Waals surface area contributed by atoms with E-state index in [1.54, 1.807) is 31.4 Å². The summed E-state index contributed by atoms with van der Waals surface area (Å²) in [4.78, 5) is 23.0. The molecule has 21 heavy (non-hydrogen) atoms. The Bertz CT molecular complexity index is 677. The van der Waals surface area contributed by atoms with Crippen LogP contribution in [0, 0.1) is 5.82 Å². The van der Waals surface area contributed by atoms with Crippen LogP contribution in [-0.4, -0.2) is 10.5 Å². The average molecular weight is 288 g/mol. The highest BCUT2D eigenvalue weighted by Crippen LogP contribution is 2.05. The van der Waals surface area contributed by atoms with Crippen LogP contribution in [0.15, 0.2) is 47.4 Å². The van der Waals surface area contributed by atoms with Crippen molar-refractivity contribution in [2.45, 2.75) is 19.4 Å². The van der Waals surface area contributed by atoms with Crippen molar-refractivity contribution in [3.8, 4) is 0 Å². The number of halogens is 1. The van der Waals surface area contributed by atoms with Crippen LogP contribution in [0.1, 0.15) is 17.5 Å². The Morgan fingerprint density at radius 1 is 1.14 bits per heavy atom. The maximum atomic E-state index is 12.8. The van der Waals surface area contributed by atoms with Crippen LogP contribution in [0.4, 0.5) is 4.39 Å². The molecule has 2 aromatic rings. The summed E-state index contributed by atoms with van der Waals surface area (Å²) in [5.41, 5.74) is 1.71. The first-order chi connectivity index (χ1) is 10.0. The summed E-state index contributed by atoms with van der Waals surface area (Å²) in [5.74, 6) is -0.355. The summed E-state index contributed by atoms with van der Waals surface area (Å²) in [6, 6.07) is 9.29. The number of carbonyl (C=O) groups is 1. The second-order valence-corrected chi connectivity index (χ2v) is 4.89. The molecule has 0 aliphatic heterocycles. The van der Waals surface area contributed by atoms with Gasteiger partial charge in [-0.25, -0.2) is 4.39 Å². The second-order valence-electron chi connectivity index (χ2n) is 4.89. The summed E-state index contributed by atoms with van der Waals surface area (Å²) < 4.78 is 14.2. The Hall–Kier alpha value is -2.43. The van der Waals surface area contributed by atoms with Gasteiger partial charge in [-0.1, -0.05) is 18.2 Å². The number of nitrogens with zero attached hydrogens (tertiary/aromatic N) is 1. The van der Waals surface area contributed by atoms with Crippen LogP contribution < -0.4 is 10.9 Å². The SMILES string of the molecule is Cn1cc(CNC(=O)CCc2ccc(F)cc2)ccc1=O. The Morgan fingerprint density at radius 2 is 1.81 bits per heavy atom. The molecule has 0 saturated heterocycles. The standard InChI is InChI=1S/C16H17FN2O2/c1-19-11-13(5-9-16(19)21)10-18-15(20)8-4-12-2-6-14(17)7-3-12/h2-3,5-7,9,11H,4,8,10H2,1H3,(H,18,20). The van der Waals surface area contributed by atoms with E-state index in [0.29, 0.717) is 19.4 Å². The molecule has 1 N–H and O–H groups in total. The summed E-state index contributed by atoms with van der Waals surface area (Å²) in [6.07, 6.45) is 2.61. The number of hydrogen-bond acceptors (Lipinski definition) is 2. The molecule has 5 heteroatoms. The molecular weight excluding hydrogens is 271 g/mol. The number of nitrogens with one attached hydrogen (secondary N) is 1. The van der Waals surface area contributed by atoms with Crippen molar-refractivity contribution < 1.29 is 9.18 Å². The minimum Gasteiger partial charge on any atom is -0.352 e. The van der Waals surface area contributed by atoms with Gasteiger partial charge in [-0.2, -0.15) is 0 Å². The molecule has 1 heterocycles. The highest BCUT2D eigenvalue weighted by molar-refractivity contribution is 5.76. The van der Waals surface area contributed by atoms with Gasteiger partial charge < -0.3 is 9.88 Å². The molecule has 0 saturated carbocycles. The fourth-order valence-electron chi connectivity index (χ4n) is 1.95. The summed E-state index contributed by atoms with van der Waals surface area (Å²) in [6.45, 7) is 0.385. The molecule has 0 atom stereocenters. The van der Waals surface area contributed by atoms with Gasteiger partial charge in [0.2, 0.25) is 11.5 Å². The monoisotopic (exact) mass is 288 g/mol. The van der Waals surface area contributed by atoms with E-state index < -0.39 is 0 Å². The van der Waals surface area contributed by atoms with E-state index in [0.717, 1.165) is 11.1 Å². The van der Waals surface area contributed by atoms with Crippen molar-refractivity contribution in [3.63, 3.8) is 0 Å². The van der Waals surface area contributed by atoms with E-state index in [-0.39, 0.29) is 17.3 Å². The van der Waals surface area contributed by atoms with Crippen LogP contribution in [0.2, 0.25) is 0 Å². The molecule has 0 radical (unpaired) electrons. The number of amides is 1. The number of pyridine rings is 1. The highest BCUT2D eigenvalue weighted by atomic mass is 19.1. The summed E-state index contributed by atoms with van der Waals surface area (Å²) >= 11 is 0. The maximum absolute atomic E-state index is 12.8. The molecule has 0 bridgehead atoms. The van der Waals surface area contributed by atoms with Crippen molar-refractivity contribution in [2.24, 2.45) is 7.05 Å². The van der Waals surface area contributed by atoms with E-state index >= 15 is 0 Å². The average Bonchev–Trinajstić information content (AvgIpc) is 2.48. The Kier molecular flexibility index (Phi) is 4.87. The maximum Gasteiger partial charge on any atom is 0.250 e. The van der Waals surface area contributed by atoms with Gasteiger partial charge in [0.05, 0.1) is 0 Å². The fourth-order valence-corrected chi connectivity index (χ4v) is 1.95. The fraction of sp³-hybridized carbons (Fsp3) is 0.250. The van der Waals surface area contributed by atoms with Gasteiger partial charge in [-0.05, 0) is 29.7 Å². The van der Waals surface area contributed by atoms with Crippen LogP contribution in [0.3, 0.4) is 0 Å². The van der Waals surface area contributed by atoms with Gasteiger partial charge in [0.25, 0.3) is 0 Å². The van der Waals surface area contributed by atoms with Gasteiger partial charge in [0, 0.05) is 32.3 Å². The van der Waals surface area contributed by atoms with Crippen LogP contribution >= 0.6 is 0 Å². The molecule has 0 aliphatic rings. The minimum absolute atomic E-state index is 0.0758. The Labute approximate surface area is 122 Å². The smallest absolute Gasteiger partial charge is 0.250 e. The number of carbonyl (C=O) groups excluding carboxylic acids is 1. The molecule has 0 fully saturated rings. The number of aromatic nitrogens is 1. The lowest BCUT2D eigenvalue weighted by Crippen LogP contribution is -2.24.